The third kappa shape index (κ3) is 2.23. The van der Waals surface area contributed by atoms with Gasteiger partial charge in [-0.25, -0.2) is 0 Å². The van der Waals surface area contributed by atoms with Crippen molar-refractivity contribution in [1.29, 1.82) is 0 Å². The minimum atomic E-state index is -0.380. The number of ether oxygens (including phenoxy) is 1. The maximum Gasteiger partial charge on any atom is 0.292 e. The molecule has 1 saturated heterocycles. The van der Waals surface area contributed by atoms with E-state index in [0.29, 0.717) is 23.4 Å². The number of nitrogens with one attached hydrogen (secondary N) is 1. The van der Waals surface area contributed by atoms with Crippen molar-refractivity contribution in [3.63, 3.8) is 0 Å². The fourth-order valence-electron chi connectivity index (χ4n) is 2.99. The van der Waals surface area contributed by atoms with E-state index in [1.807, 2.05) is 0 Å². The number of benzene rings is 1. The van der Waals surface area contributed by atoms with Crippen molar-refractivity contribution in [2.75, 3.05) is 17.7 Å². The summed E-state index contributed by atoms with van der Waals surface area (Å²) < 4.78 is 5.65. The number of fused-ring (bicyclic) bond motifs is 1. The van der Waals surface area contributed by atoms with Gasteiger partial charge in [-0.1, -0.05) is 0 Å². The van der Waals surface area contributed by atoms with Crippen molar-refractivity contribution in [3.05, 3.63) is 28.3 Å². The summed E-state index contributed by atoms with van der Waals surface area (Å²) in [5.41, 5.74) is 6.83. The van der Waals surface area contributed by atoms with E-state index in [0.717, 1.165) is 25.9 Å². The van der Waals surface area contributed by atoms with Gasteiger partial charge in [-0.2, -0.15) is 0 Å². The van der Waals surface area contributed by atoms with Gasteiger partial charge in [0.1, 0.15) is 5.69 Å². The molecule has 3 rings (SSSR count). The maximum absolute atomic E-state index is 11.0. The predicted octanol–water partition coefficient (Wildman–Crippen LogP) is 2.16. The fraction of sp³-hybridized carbons (Fsp3) is 0.538. The van der Waals surface area contributed by atoms with Crippen LogP contribution in [0.25, 0.3) is 0 Å². The van der Waals surface area contributed by atoms with Gasteiger partial charge in [-0.05, 0) is 31.4 Å². The van der Waals surface area contributed by atoms with Crippen LogP contribution in [0.3, 0.4) is 0 Å². The molecule has 0 spiro atoms. The van der Waals surface area contributed by atoms with E-state index in [4.69, 9.17) is 10.5 Å². The summed E-state index contributed by atoms with van der Waals surface area (Å²) in [5, 5.41) is 14.3. The highest BCUT2D eigenvalue weighted by Crippen LogP contribution is 2.40. The van der Waals surface area contributed by atoms with Crippen molar-refractivity contribution >= 4 is 17.1 Å². The van der Waals surface area contributed by atoms with Crippen LogP contribution in [0.4, 0.5) is 17.1 Å². The summed E-state index contributed by atoms with van der Waals surface area (Å²) in [4.78, 5) is 10.6. The van der Waals surface area contributed by atoms with E-state index >= 15 is 0 Å². The highest BCUT2D eigenvalue weighted by molar-refractivity contribution is 5.67. The molecule has 0 bridgehead atoms. The molecule has 0 amide bonds. The monoisotopic (exact) mass is 263 g/mol. The lowest BCUT2D eigenvalue weighted by Crippen LogP contribution is -2.53. The summed E-state index contributed by atoms with van der Waals surface area (Å²) in [5.74, 6) is 0.467. The lowest BCUT2D eigenvalue weighted by molar-refractivity contribution is -0.384. The Morgan fingerprint density at radius 1 is 1.47 bits per heavy atom. The number of anilines is 2. The first kappa shape index (κ1) is 12.2. The van der Waals surface area contributed by atoms with Gasteiger partial charge in [0, 0.05) is 30.3 Å². The van der Waals surface area contributed by atoms with E-state index in [-0.39, 0.29) is 16.7 Å². The number of nitrogens with zero attached hydrogens (tertiary/aromatic N) is 1. The van der Waals surface area contributed by atoms with Crippen LogP contribution >= 0.6 is 0 Å². The Morgan fingerprint density at radius 2 is 2.32 bits per heavy atom. The second-order valence-electron chi connectivity index (χ2n) is 5.24. The zero-order valence-corrected chi connectivity index (χ0v) is 10.5. The summed E-state index contributed by atoms with van der Waals surface area (Å²) in [7, 11) is 0. The highest BCUT2D eigenvalue weighted by Gasteiger charge is 2.43. The first-order chi connectivity index (χ1) is 9.15. The number of hydrogen-bond donors (Lipinski definition) is 2. The first-order valence-electron chi connectivity index (χ1n) is 6.57. The number of nitro benzene ring substituents is 1. The molecule has 2 aliphatic rings. The van der Waals surface area contributed by atoms with Crippen LogP contribution in [0, 0.1) is 16.0 Å². The van der Waals surface area contributed by atoms with Crippen molar-refractivity contribution < 1.29 is 9.66 Å². The van der Waals surface area contributed by atoms with Gasteiger partial charge >= 0.3 is 0 Å². The Hall–Kier alpha value is -1.82. The van der Waals surface area contributed by atoms with Crippen LogP contribution in [0.2, 0.25) is 0 Å². The Bertz CT molecular complexity index is 506. The predicted molar refractivity (Wildman–Crippen MR) is 72.0 cm³/mol. The molecular weight excluding hydrogens is 246 g/mol. The summed E-state index contributed by atoms with van der Waals surface area (Å²) in [6, 6.07) is 4.89. The molecule has 3 N–H and O–H groups in total. The second kappa shape index (κ2) is 4.70. The Kier molecular flexibility index (Phi) is 3.02. The van der Waals surface area contributed by atoms with E-state index in [1.165, 1.54) is 6.07 Å². The molecule has 1 aliphatic carbocycles. The number of nitrogen functional groups attached to an aromatic ring is 1. The molecule has 0 aromatic heterocycles. The Labute approximate surface area is 111 Å². The molecule has 3 atom stereocenters. The number of rotatable bonds is 3. The van der Waals surface area contributed by atoms with Crippen LogP contribution in [0.5, 0.6) is 0 Å². The third-order valence-electron chi connectivity index (χ3n) is 4.05. The van der Waals surface area contributed by atoms with Crippen LogP contribution < -0.4 is 11.1 Å². The lowest BCUT2D eigenvalue weighted by atomic mass is 9.72. The number of nitro groups is 1. The zero-order chi connectivity index (χ0) is 13.4. The van der Waals surface area contributed by atoms with Gasteiger partial charge in [-0.3, -0.25) is 10.1 Å². The third-order valence-corrected chi connectivity index (χ3v) is 4.05. The smallest absolute Gasteiger partial charge is 0.292 e. The quantitative estimate of drug-likeness (QED) is 0.495. The van der Waals surface area contributed by atoms with E-state index in [1.54, 1.807) is 12.1 Å². The van der Waals surface area contributed by atoms with Crippen LogP contribution in [0.1, 0.15) is 19.3 Å². The van der Waals surface area contributed by atoms with Gasteiger partial charge < -0.3 is 15.8 Å². The Morgan fingerprint density at radius 3 is 3.05 bits per heavy atom. The molecule has 1 heterocycles. The maximum atomic E-state index is 11.0. The van der Waals surface area contributed by atoms with Crippen LogP contribution in [-0.4, -0.2) is 23.7 Å². The van der Waals surface area contributed by atoms with Crippen LogP contribution in [0.15, 0.2) is 18.2 Å². The molecule has 0 unspecified atom stereocenters. The van der Waals surface area contributed by atoms with Crippen molar-refractivity contribution in [2.45, 2.75) is 31.4 Å². The van der Waals surface area contributed by atoms with Crippen molar-refractivity contribution in [3.8, 4) is 0 Å². The average Bonchev–Trinajstić information content (AvgIpc) is 2.35. The molecular formula is C13H17N3O3. The lowest BCUT2D eigenvalue weighted by Gasteiger charge is -2.47. The molecule has 6 nitrogen and oxygen atoms in total. The topological polar surface area (TPSA) is 90.4 Å². The standard InChI is InChI=1S/C13H17N3O3/c14-8-3-4-12(16(17)18)11(6-8)15-10-7-13-9(10)2-1-5-19-13/h3-4,6,9-10,13,15H,1-2,5,7,14H2/t9-,10+,13+/m0/s1. The van der Waals surface area contributed by atoms with Gasteiger partial charge in [-0.15, -0.1) is 0 Å². The molecule has 19 heavy (non-hydrogen) atoms. The Balaban J connectivity index is 1.76. The van der Waals surface area contributed by atoms with Gasteiger partial charge in [0.25, 0.3) is 5.69 Å². The normalized spacial score (nSPS) is 29.2. The van der Waals surface area contributed by atoms with Crippen LogP contribution in [-0.2, 0) is 4.74 Å². The number of nitrogens with two attached hydrogens (primary N) is 1. The highest BCUT2D eigenvalue weighted by atomic mass is 16.6. The molecule has 1 aromatic rings. The summed E-state index contributed by atoms with van der Waals surface area (Å²) in [6.45, 7) is 0.840. The molecule has 6 heteroatoms. The molecule has 1 aromatic carbocycles. The summed E-state index contributed by atoms with van der Waals surface area (Å²) in [6.07, 6.45) is 3.43. The molecule has 2 fully saturated rings. The second-order valence-corrected chi connectivity index (χ2v) is 5.24. The average molecular weight is 263 g/mol. The largest absolute Gasteiger partial charge is 0.399 e. The van der Waals surface area contributed by atoms with E-state index in [2.05, 4.69) is 5.32 Å². The number of hydrogen-bond acceptors (Lipinski definition) is 5. The zero-order valence-electron chi connectivity index (χ0n) is 10.5. The van der Waals surface area contributed by atoms with Gasteiger partial charge in [0.05, 0.1) is 11.0 Å². The van der Waals surface area contributed by atoms with Crippen molar-refractivity contribution in [2.24, 2.45) is 5.92 Å². The molecule has 1 saturated carbocycles. The fourth-order valence-corrected chi connectivity index (χ4v) is 2.99. The first-order valence-corrected chi connectivity index (χ1v) is 6.57. The van der Waals surface area contributed by atoms with E-state index < -0.39 is 0 Å². The molecule has 0 radical (unpaired) electrons. The SMILES string of the molecule is Nc1ccc([N+](=O)[O-])c(N[C@@H]2C[C@H]3OCCC[C@@H]23)c1. The minimum Gasteiger partial charge on any atom is -0.399 e. The van der Waals surface area contributed by atoms with Gasteiger partial charge in [0.15, 0.2) is 0 Å². The van der Waals surface area contributed by atoms with Crippen molar-refractivity contribution in [1.82, 2.24) is 0 Å². The summed E-state index contributed by atoms with van der Waals surface area (Å²) >= 11 is 0. The van der Waals surface area contributed by atoms with E-state index in [9.17, 15) is 10.1 Å². The molecule has 102 valence electrons. The minimum absolute atomic E-state index is 0.0781. The molecule has 1 aliphatic heterocycles. The van der Waals surface area contributed by atoms with Gasteiger partial charge in [0.2, 0.25) is 0 Å².